The minimum absolute atomic E-state index is 0.00981. The van der Waals surface area contributed by atoms with Crippen molar-refractivity contribution in [3.63, 3.8) is 0 Å². The first kappa shape index (κ1) is 13.8. The van der Waals surface area contributed by atoms with Crippen LogP contribution in [0.5, 0.6) is 0 Å². The molecule has 0 fully saturated rings. The first-order valence-electron chi connectivity index (χ1n) is 3.75. The van der Waals surface area contributed by atoms with Gasteiger partial charge in [-0.2, -0.15) is 13.2 Å². The summed E-state index contributed by atoms with van der Waals surface area (Å²) in [6, 6.07) is -1.88. The zero-order valence-corrected chi connectivity index (χ0v) is 9.13. The molecular weight excluding hydrogens is 238 g/mol. The summed E-state index contributed by atoms with van der Waals surface area (Å²) in [6.45, 7) is 2.93. The fourth-order valence-corrected chi connectivity index (χ4v) is 1.26. The van der Waals surface area contributed by atoms with Gasteiger partial charge in [0.2, 0.25) is 0 Å². The van der Waals surface area contributed by atoms with Crippen LogP contribution in [0.1, 0.15) is 13.8 Å². The van der Waals surface area contributed by atoms with Crippen molar-refractivity contribution in [2.45, 2.75) is 26.1 Å². The normalized spacial score (nSPS) is 17.1. The third kappa shape index (κ3) is 4.35. The van der Waals surface area contributed by atoms with E-state index in [2.05, 4.69) is 0 Å². The van der Waals surface area contributed by atoms with Gasteiger partial charge >= 0.3 is 6.18 Å². The third-order valence-corrected chi connectivity index (χ3v) is 2.08. The van der Waals surface area contributed by atoms with Crippen LogP contribution in [0.3, 0.4) is 0 Å². The highest BCUT2D eigenvalue weighted by atomic mass is 35.5. The molecule has 0 saturated heterocycles. The summed E-state index contributed by atoms with van der Waals surface area (Å²) >= 11 is 10.6. The van der Waals surface area contributed by atoms with E-state index in [0.29, 0.717) is 0 Å². The minimum Gasteiger partial charge on any atom is -0.217 e. The van der Waals surface area contributed by atoms with Crippen molar-refractivity contribution in [1.82, 2.24) is 4.84 Å². The van der Waals surface area contributed by atoms with Crippen LogP contribution in [-0.2, 0) is 0 Å². The van der Waals surface area contributed by atoms with Gasteiger partial charge in [-0.15, -0.1) is 0 Å². The number of rotatable bonds is 3. The first-order valence-corrected chi connectivity index (χ1v) is 4.51. The Bertz CT molecular complexity index is 245. The number of nitrogens with one attached hydrogen (secondary N) is 1. The van der Waals surface area contributed by atoms with E-state index in [-0.39, 0.29) is 10.6 Å². The van der Waals surface area contributed by atoms with Crippen molar-refractivity contribution in [2.24, 2.45) is 0 Å². The number of allylic oxidation sites excluding steroid dienone is 3. The zero-order valence-electron chi connectivity index (χ0n) is 7.62. The Labute approximate surface area is 90.7 Å². The minimum atomic E-state index is -4.42. The summed E-state index contributed by atoms with van der Waals surface area (Å²) in [6.07, 6.45) is -1.71. The van der Waals surface area contributed by atoms with Gasteiger partial charge in [-0.3, -0.25) is 0 Å². The van der Waals surface area contributed by atoms with Crippen LogP contribution in [0.4, 0.5) is 13.2 Å². The van der Waals surface area contributed by atoms with Crippen LogP contribution in [0, 0.1) is 0 Å². The van der Waals surface area contributed by atoms with Gasteiger partial charge in [-0.05, 0) is 37.3 Å². The van der Waals surface area contributed by atoms with Crippen LogP contribution in [0.15, 0.2) is 22.8 Å². The van der Waals surface area contributed by atoms with Crippen LogP contribution >= 0.6 is 23.4 Å². The van der Waals surface area contributed by atoms with Gasteiger partial charge in [-0.1, -0.05) is 17.7 Å². The quantitative estimate of drug-likeness (QED) is 0.592. The summed E-state index contributed by atoms with van der Waals surface area (Å²) in [5.41, 5.74) is 0.00981. The molecule has 82 valence electrons. The average Bonchev–Trinajstić information content (AvgIpc) is 2.02. The lowest BCUT2D eigenvalue weighted by Crippen LogP contribution is -2.38. The maximum atomic E-state index is 12.3. The second kappa shape index (κ2) is 5.63. The van der Waals surface area contributed by atoms with Crippen molar-refractivity contribution in [3.8, 4) is 0 Å². The molecule has 0 aromatic rings. The topological polar surface area (TPSA) is 12.0 Å². The molecule has 0 saturated carbocycles. The van der Waals surface area contributed by atoms with Gasteiger partial charge in [0.1, 0.15) is 6.04 Å². The first-order chi connectivity index (χ1) is 6.32. The van der Waals surface area contributed by atoms with Crippen molar-refractivity contribution in [3.05, 3.63) is 22.8 Å². The maximum absolute atomic E-state index is 12.3. The molecule has 1 nitrogen and oxygen atoms in total. The highest BCUT2D eigenvalue weighted by Gasteiger charge is 2.40. The van der Waals surface area contributed by atoms with E-state index in [1.165, 1.54) is 19.1 Å². The molecule has 1 atom stereocenters. The van der Waals surface area contributed by atoms with Gasteiger partial charge in [0.05, 0.1) is 0 Å². The van der Waals surface area contributed by atoms with E-state index in [4.69, 9.17) is 23.4 Å². The third-order valence-electron chi connectivity index (χ3n) is 1.53. The van der Waals surface area contributed by atoms with E-state index >= 15 is 0 Å². The van der Waals surface area contributed by atoms with Crippen molar-refractivity contribution < 1.29 is 13.2 Å². The van der Waals surface area contributed by atoms with E-state index in [9.17, 15) is 13.2 Å². The Morgan fingerprint density at radius 1 is 1.43 bits per heavy atom. The van der Waals surface area contributed by atoms with Crippen LogP contribution in [0.25, 0.3) is 0 Å². The van der Waals surface area contributed by atoms with Crippen LogP contribution in [0.2, 0.25) is 0 Å². The molecule has 0 bridgehead atoms. The Morgan fingerprint density at radius 2 is 1.93 bits per heavy atom. The number of halogens is 5. The van der Waals surface area contributed by atoms with Gasteiger partial charge in [-0.25, -0.2) is 4.84 Å². The monoisotopic (exact) mass is 247 g/mol. The summed E-state index contributed by atoms with van der Waals surface area (Å²) in [5.74, 6) is 0. The summed E-state index contributed by atoms with van der Waals surface area (Å²) in [7, 11) is 0. The number of hydrogen-bond donors (Lipinski definition) is 1. The maximum Gasteiger partial charge on any atom is 0.408 e. The molecule has 0 aliphatic rings. The molecule has 0 radical (unpaired) electrons. The van der Waals surface area contributed by atoms with E-state index in [1.54, 1.807) is 11.8 Å². The molecule has 0 heterocycles. The Kier molecular flexibility index (Phi) is 5.56. The number of alkyl halides is 3. The molecule has 0 rings (SSSR count). The summed E-state index contributed by atoms with van der Waals surface area (Å²) < 4.78 is 36.8. The van der Waals surface area contributed by atoms with Crippen LogP contribution < -0.4 is 4.84 Å². The molecule has 0 spiro atoms. The molecule has 0 aliphatic heterocycles. The predicted molar refractivity (Wildman–Crippen MR) is 52.2 cm³/mol. The lowest BCUT2D eigenvalue weighted by molar-refractivity contribution is -0.142. The summed E-state index contributed by atoms with van der Waals surface area (Å²) in [4.78, 5) is 1.66. The summed E-state index contributed by atoms with van der Waals surface area (Å²) in [5, 5.41) is 0.240. The van der Waals surface area contributed by atoms with Crippen molar-refractivity contribution in [2.75, 3.05) is 0 Å². The van der Waals surface area contributed by atoms with E-state index < -0.39 is 12.2 Å². The molecule has 1 N–H and O–H groups in total. The highest BCUT2D eigenvalue weighted by Crippen LogP contribution is 2.26. The SMILES string of the molecule is C/C=C(Cl)\C=C(/C)[C@H](NCl)C(F)(F)F. The largest absolute Gasteiger partial charge is 0.408 e. The molecule has 14 heavy (non-hydrogen) atoms. The highest BCUT2D eigenvalue weighted by molar-refractivity contribution is 6.31. The van der Waals surface area contributed by atoms with Crippen molar-refractivity contribution in [1.29, 1.82) is 0 Å². The molecule has 0 aliphatic carbocycles. The lowest BCUT2D eigenvalue weighted by atomic mass is 10.1. The second-order valence-corrected chi connectivity index (χ2v) is 3.30. The Hall–Kier alpha value is -0.190. The van der Waals surface area contributed by atoms with E-state index in [1.807, 2.05) is 0 Å². The Balaban J connectivity index is 4.80. The lowest BCUT2D eigenvalue weighted by Gasteiger charge is -2.18. The molecule has 0 unspecified atom stereocenters. The Morgan fingerprint density at radius 3 is 2.21 bits per heavy atom. The second-order valence-electron chi connectivity index (χ2n) is 2.65. The molecular formula is C8H10Cl2F3N. The molecule has 0 aromatic heterocycles. The van der Waals surface area contributed by atoms with Gasteiger partial charge in [0.15, 0.2) is 0 Å². The fourth-order valence-electron chi connectivity index (χ4n) is 0.790. The smallest absolute Gasteiger partial charge is 0.217 e. The standard InChI is InChI=1S/C8H10Cl2F3N/c1-3-6(9)4-5(2)7(14-10)8(11,12)13/h3-4,7,14H,1-2H3/b5-4+,6-3+/t7-/m0/s1. The van der Waals surface area contributed by atoms with Gasteiger partial charge in [0.25, 0.3) is 0 Å². The van der Waals surface area contributed by atoms with Crippen LogP contribution in [-0.4, -0.2) is 12.2 Å². The number of hydrogen-bond acceptors (Lipinski definition) is 1. The predicted octanol–water partition coefficient (Wildman–Crippen LogP) is 3.75. The molecule has 0 aromatic carbocycles. The zero-order chi connectivity index (χ0) is 11.4. The van der Waals surface area contributed by atoms with Gasteiger partial charge < -0.3 is 0 Å². The van der Waals surface area contributed by atoms with Gasteiger partial charge in [0, 0.05) is 5.03 Å². The van der Waals surface area contributed by atoms with E-state index in [0.717, 1.165) is 0 Å². The fraction of sp³-hybridized carbons (Fsp3) is 0.500. The van der Waals surface area contributed by atoms with Crippen molar-refractivity contribution >= 4 is 23.4 Å². The average molecular weight is 248 g/mol. The molecule has 0 amide bonds. The molecule has 6 heteroatoms.